The Hall–Kier alpha value is -4.59. The minimum Gasteiger partial charge on any atom is -0.481 e. The molecule has 1 amide bonds. The maximum absolute atomic E-state index is 13.9. The topological polar surface area (TPSA) is 146 Å². The van der Waals surface area contributed by atoms with Crippen LogP contribution in [0.4, 0.5) is 24.8 Å². The number of aryl methyl sites for hydroxylation is 1. The van der Waals surface area contributed by atoms with Crippen LogP contribution in [-0.2, 0) is 22.1 Å². The van der Waals surface area contributed by atoms with Crippen molar-refractivity contribution in [1.29, 1.82) is 0 Å². The highest BCUT2D eigenvalue weighted by Gasteiger charge is 2.39. The van der Waals surface area contributed by atoms with Crippen LogP contribution >= 0.6 is 0 Å². The number of hydrogen-bond acceptors (Lipinski definition) is 8. The number of amides is 1. The van der Waals surface area contributed by atoms with Crippen LogP contribution in [0.2, 0.25) is 0 Å². The van der Waals surface area contributed by atoms with Gasteiger partial charge in [0.15, 0.2) is 5.65 Å². The van der Waals surface area contributed by atoms with E-state index >= 15 is 0 Å². The molecule has 14 heteroatoms. The molecule has 0 aromatic carbocycles. The molecule has 0 radical (unpaired) electrons. The van der Waals surface area contributed by atoms with Crippen LogP contribution in [0.15, 0.2) is 36.5 Å². The summed E-state index contributed by atoms with van der Waals surface area (Å²) >= 11 is 0. The number of fused-ring (bicyclic) bond motifs is 1. The summed E-state index contributed by atoms with van der Waals surface area (Å²) in [5, 5.41) is 11.6. The van der Waals surface area contributed by atoms with Crippen LogP contribution in [-0.4, -0.2) is 69.2 Å². The number of pyridine rings is 3. The van der Waals surface area contributed by atoms with E-state index < -0.39 is 23.7 Å². The van der Waals surface area contributed by atoms with Crippen molar-refractivity contribution in [1.82, 2.24) is 24.9 Å². The maximum Gasteiger partial charge on any atom is 0.433 e. The van der Waals surface area contributed by atoms with Crippen molar-refractivity contribution in [2.45, 2.75) is 63.5 Å². The first-order valence-corrected chi connectivity index (χ1v) is 15.6. The summed E-state index contributed by atoms with van der Waals surface area (Å²) in [6.07, 6.45) is 2.59. The zero-order valence-electron chi connectivity index (χ0n) is 26.2. The fourth-order valence-electron chi connectivity index (χ4n) is 6.15. The highest BCUT2D eigenvalue weighted by molar-refractivity contribution is 6.03. The van der Waals surface area contributed by atoms with Crippen molar-refractivity contribution in [3.05, 3.63) is 59.2 Å². The summed E-state index contributed by atoms with van der Waals surface area (Å²) in [7, 11) is 3.59. The third-order valence-electron chi connectivity index (χ3n) is 8.86. The quantitative estimate of drug-likeness (QED) is 0.153. The SMILES string of the molecule is COCC1(CN(C)c2cc(-c3cc(C4CC4)nc(C(F)(F)F)c3)nc3nc(NC(=O)c4ccc(CCCC(=O)O)cn4)[nH]c23)CCC1. The van der Waals surface area contributed by atoms with Crippen molar-refractivity contribution < 1.29 is 32.6 Å². The Kier molecular flexibility index (Phi) is 8.88. The molecule has 2 fully saturated rings. The molecule has 0 saturated heterocycles. The average Bonchev–Trinajstić information content (AvgIpc) is 3.78. The van der Waals surface area contributed by atoms with E-state index in [1.165, 1.54) is 6.20 Å². The summed E-state index contributed by atoms with van der Waals surface area (Å²) in [6, 6.07) is 7.72. The van der Waals surface area contributed by atoms with E-state index in [4.69, 9.17) is 9.84 Å². The number of carboxylic acids is 1. The smallest absolute Gasteiger partial charge is 0.433 e. The first kappa shape index (κ1) is 32.4. The molecule has 248 valence electrons. The fourth-order valence-corrected chi connectivity index (χ4v) is 6.15. The predicted molar refractivity (Wildman–Crippen MR) is 168 cm³/mol. The molecule has 0 aliphatic heterocycles. The van der Waals surface area contributed by atoms with Gasteiger partial charge in [-0.3, -0.25) is 19.9 Å². The second kappa shape index (κ2) is 12.9. The Morgan fingerprint density at radius 3 is 2.55 bits per heavy atom. The van der Waals surface area contributed by atoms with Gasteiger partial charge >= 0.3 is 12.1 Å². The number of ether oxygens (including phenoxy) is 1. The predicted octanol–water partition coefficient (Wildman–Crippen LogP) is 6.22. The number of halogens is 3. The van der Waals surface area contributed by atoms with E-state index in [2.05, 4.69) is 30.2 Å². The molecule has 4 aromatic rings. The van der Waals surface area contributed by atoms with E-state index in [0.717, 1.165) is 43.7 Å². The molecule has 2 aliphatic carbocycles. The summed E-state index contributed by atoms with van der Waals surface area (Å²) in [5.74, 6) is -1.30. The second-order valence-corrected chi connectivity index (χ2v) is 12.6. The Balaban J connectivity index is 1.33. The number of hydrogen-bond donors (Lipinski definition) is 3. The fraction of sp³-hybridized carbons (Fsp3) is 0.455. The van der Waals surface area contributed by atoms with Gasteiger partial charge in [0.1, 0.15) is 16.9 Å². The molecule has 47 heavy (non-hydrogen) atoms. The molecular weight excluding hydrogens is 615 g/mol. The average molecular weight is 652 g/mol. The first-order chi connectivity index (χ1) is 22.4. The van der Waals surface area contributed by atoms with Crippen LogP contribution < -0.4 is 10.2 Å². The minimum atomic E-state index is -4.62. The number of rotatable bonds is 13. The van der Waals surface area contributed by atoms with Gasteiger partial charge in [-0.05, 0) is 68.4 Å². The molecule has 0 unspecified atom stereocenters. The Bertz CT molecular complexity index is 1780. The van der Waals surface area contributed by atoms with E-state index in [-0.39, 0.29) is 35.0 Å². The highest BCUT2D eigenvalue weighted by Crippen LogP contribution is 2.44. The van der Waals surface area contributed by atoms with Gasteiger partial charge in [0.05, 0.1) is 18.0 Å². The normalized spacial score (nSPS) is 15.8. The number of aliphatic carboxylic acids is 1. The minimum absolute atomic E-state index is 0.00550. The third-order valence-corrected chi connectivity index (χ3v) is 8.86. The lowest BCUT2D eigenvalue weighted by Crippen LogP contribution is -2.44. The molecule has 11 nitrogen and oxygen atoms in total. The van der Waals surface area contributed by atoms with Gasteiger partial charge in [0.25, 0.3) is 5.91 Å². The number of alkyl halides is 3. The standard InChI is InChI=1S/C33H36F3N7O4/c1-43(17-32(18-47-2)11-4-12-32)25-15-24(21-13-23(20-8-9-20)38-26(14-21)33(34,35)36)39-29-28(25)40-31(41-29)42-30(46)22-10-7-19(16-37-22)5-3-6-27(44)45/h7,10,13-16,20H,3-6,8-9,11-12,17-18H2,1-2H3,(H,44,45)(H2,39,40,41,42,46). The van der Waals surface area contributed by atoms with Gasteiger partial charge in [-0.15, -0.1) is 0 Å². The lowest BCUT2D eigenvalue weighted by Gasteiger charge is -2.44. The Labute approximate surface area is 269 Å². The third kappa shape index (κ3) is 7.37. The number of nitrogens with zero attached hydrogens (tertiary/aromatic N) is 5. The van der Waals surface area contributed by atoms with Gasteiger partial charge in [-0.2, -0.15) is 18.2 Å². The van der Waals surface area contributed by atoms with E-state index in [1.807, 2.05) is 11.9 Å². The van der Waals surface area contributed by atoms with Crippen molar-refractivity contribution >= 4 is 34.7 Å². The number of carbonyl (C=O) groups excluding carboxylic acids is 1. The van der Waals surface area contributed by atoms with Crippen LogP contribution in [0.5, 0.6) is 0 Å². The van der Waals surface area contributed by atoms with Gasteiger partial charge < -0.3 is 19.7 Å². The van der Waals surface area contributed by atoms with Crippen molar-refractivity contribution in [2.75, 3.05) is 37.5 Å². The summed E-state index contributed by atoms with van der Waals surface area (Å²) in [4.78, 5) is 46.4. The van der Waals surface area contributed by atoms with Crippen LogP contribution in [0.1, 0.15) is 78.3 Å². The number of aromatic amines is 1. The number of H-pyrrole nitrogens is 1. The Morgan fingerprint density at radius 2 is 1.94 bits per heavy atom. The van der Waals surface area contributed by atoms with E-state index in [1.54, 1.807) is 31.4 Å². The van der Waals surface area contributed by atoms with Gasteiger partial charge in [0.2, 0.25) is 5.95 Å². The van der Waals surface area contributed by atoms with Crippen molar-refractivity contribution in [2.24, 2.45) is 5.41 Å². The lowest BCUT2D eigenvalue weighted by molar-refractivity contribution is -0.141. The Morgan fingerprint density at radius 1 is 1.15 bits per heavy atom. The summed E-state index contributed by atoms with van der Waals surface area (Å²) < 4.78 is 47.2. The largest absolute Gasteiger partial charge is 0.481 e. The molecular formula is C33H36F3N7O4. The monoisotopic (exact) mass is 651 g/mol. The highest BCUT2D eigenvalue weighted by atomic mass is 19.4. The number of anilines is 2. The summed E-state index contributed by atoms with van der Waals surface area (Å²) in [6.45, 7) is 1.22. The number of aromatic nitrogens is 5. The number of methoxy groups -OCH3 is 1. The van der Waals surface area contributed by atoms with Gasteiger partial charge in [-0.1, -0.05) is 12.5 Å². The van der Waals surface area contributed by atoms with Crippen LogP contribution in [0.3, 0.4) is 0 Å². The molecule has 0 atom stereocenters. The lowest BCUT2D eigenvalue weighted by atomic mass is 9.69. The zero-order chi connectivity index (χ0) is 33.3. The molecule has 2 saturated carbocycles. The molecule has 4 heterocycles. The van der Waals surface area contributed by atoms with E-state index in [0.29, 0.717) is 54.1 Å². The molecule has 2 aliphatic rings. The molecule has 0 spiro atoms. The second-order valence-electron chi connectivity index (χ2n) is 12.6. The van der Waals surface area contributed by atoms with Gasteiger partial charge in [-0.25, -0.2) is 9.97 Å². The van der Waals surface area contributed by atoms with Crippen molar-refractivity contribution in [3.8, 4) is 11.3 Å². The molecule has 0 bridgehead atoms. The van der Waals surface area contributed by atoms with Crippen molar-refractivity contribution in [3.63, 3.8) is 0 Å². The van der Waals surface area contributed by atoms with Gasteiger partial charge in [0, 0.05) is 55.9 Å². The number of nitrogens with one attached hydrogen (secondary N) is 2. The maximum atomic E-state index is 13.9. The first-order valence-electron chi connectivity index (χ1n) is 15.6. The zero-order valence-corrected chi connectivity index (χ0v) is 26.2. The molecule has 3 N–H and O–H groups in total. The van der Waals surface area contributed by atoms with Crippen LogP contribution in [0.25, 0.3) is 22.4 Å². The van der Waals surface area contributed by atoms with Crippen LogP contribution in [0, 0.1) is 5.41 Å². The molecule has 4 aromatic heterocycles. The molecule has 6 rings (SSSR count). The van der Waals surface area contributed by atoms with E-state index in [9.17, 15) is 22.8 Å². The number of imidazole rings is 1. The number of carbonyl (C=O) groups is 2. The number of carboxylic acid groups (broad SMARTS) is 1. The summed E-state index contributed by atoms with van der Waals surface area (Å²) in [5.41, 5.74) is 2.35.